The standard InChI is InChI=1S/C25H27FN2O3/c1-17(29)25(2,3)30-16-19-15-24(28(27-19)23-13-5-4-12-22(23)26)18-8-6-11-21(14-18)31-20-9-7-10-20/h4-6,8,11-15,20H,7,9-10,16H2,1-3H3. The average molecular weight is 423 g/mol. The van der Waals surface area contributed by atoms with Crippen LogP contribution in [-0.2, 0) is 16.1 Å². The molecular formula is C25H27FN2O3. The SMILES string of the molecule is CC(=O)C(C)(C)OCc1cc(-c2cccc(OC3CCC3)c2)n(-c2ccccc2F)n1. The molecule has 0 N–H and O–H groups in total. The number of aromatic nitrogens is 2. The summed E-state index contributed by atoms with van der Waals surface area (Å²) in [7, 11) is 0. The summed E-state index contributed by atoms with van der Waals surface area (Å²) in [5, 5.41) is 4.60. The molecule has 1 fully saturated rings. The molecule has 0 aliphatic heterocycles. The fraction of sp³-hybridized carbons (Fsp3) is 0.360. The summed E-state index contributed by atoms with van der Waals surface area (Å²) in [4.78, 5) is 11.8. The van der Waals surface area contributed by atoms with Crippen molar-refractivity contribution < 1.29 is 18.7 Å². The summed E-state index contributed by atoms with van der Waals surface area (Å²) < 4.78 is 28.0. The lowest BCUT2D eigenvalue weighted by Gasteiger charge is -2.26. The minimum Gasteiger partial charge on any atom is -0.490 e. The summed E-state index contributed by atoms with van der Waals surface area (Å²) in [5.41, 5.74) is 1.63. The van der Waals surface area contributed by atoms with Gasteiger partial charge in [0.05, 0.1) is 24.1 Å². The van der Waals surface area contributed by atoms with Crippen molar-refractivity contribution in [2.45, 2.75) is 58.3 Å². The number of hydrogen-bond acceptors (Lipinski definition) is 4. The van der Waals surface area contributed by atoms with Crippen molar-refractivity contribution in [3.63, 3.8) is 0 Å². The van der Waals surface area contributed by atoms with Gasteiger partial charge in [0.15, 0.2) is 5.78 Å². The van der Waals surface area contributed by atoms with E-state index in [9.17, 15) is 9.18 Å². The Bertz CT molecular complexity index is 1090. The first-order valence-electron chi connectivity index (χ1n) is 10.6. The number of rotatable bonds is 8. The van der Waals surface area contributed by atoms with Crippen molar-refractivity contribution in [2.24, 2.45) is 0 Å². The molecule has 162 valence electrons. The maximum Gasteiger partial charge on any atom is 0.161 e. The molecule has 31 heavy (non-hydrogen) atoms. The zero-order chi connectivity index (χ0) is 22.0. The largest absolute Gasteiger partial charge is 0.490 e. The van der Waals surface area contributed by atoms with Gasteiger partial charge in [-0.3, -0.25) is 4.79 Å². The van der Waals surface area contributed by atoms with Crippen LogP contribution in [-0.4, -0.2) is 27.3 Å². The minimum atomic E-state index is -0.918. The van der Waals surface area contributed by atoms with E-state index in [1.165, 1.54) is 19.4 Å². The van der Waals surface area contributed by atoms with Crippen LogP contribution in [0, 0.1) is 5.82 Å². The van der Waals surface area contributed by atoms with Gasteiger partial charge in [0.1, 0.15) is 22.9 Å². The van der Waals surface area contributed by atoms with Gasteiger partial charge in [-0.1, -0.05) is 24.3 Å². The number of para-hydroxylation sites is 1. The first-order valence-corrected chi connectivity index (χ1v) is 10.6. The normalized spacial score (nSPS) is 14.3. The highest BCUT2D eigenvalue weighted by molar-refractivity contribution is 5.83. The van der Waals surface area contributed by atoms with Crippen LogP contribution in [0.2, 0.25) is 0 Å². The van der Waals surface area contributed by atoms with E-state index in [2.05, 4.69) is 5.10 Å². The smallest absolute Gasteiger partial charge is 0.161 e. The third-order valence-corrected chi connectivity index (χ3v) is 5.75. The van der Waals surface area contributed by atoms with Crippen molar-refractivity contribution in [1.29, 1.82) is 0 Å². The van der Waals surface area contributed by atoms with Crippen molar-refractivity contribution in [3.8, 4) is 22.7 Å². The van der Waals surface area contributed by atoms with Crippen LogP contribution < -0.4 is 4.74 Å². The van der Waals surface area contributed by atoms with Gasteiger partial charge in [-0.15, -0.1) is 0 Å². The molecule has 0 radical (unpaired) electrons. The second kappa shape index (κ2) is 8.63. The highest BCUT2D eigenvalue weighted by Crippen LogP contribution is 2.31. The second-order valence-corrected chi connectivity index (χ2v) is 8.44. The van der Waals surface area contributed by atoms with Gasteiger partial charge in [0.25, 0.3) is 0 Å². The molecule has 3 aromatic rings. The van der Waals surface area contributed by atoms with E-state index in [0.717, 1.165) is 29.8 Å². The van der Waals surface area contributed by atoms with Crippen LogP contribution in [0.5, 0.6) is 5.75 Å². The van der Waals surface area contributed by atoms with E-state index in [1.807, 2.05) is 30.3 Å². The number of ketones is 1. The lowest BCUT2D eigenvalue weighted by molar-refractivity contribution is -0.139. The van der Waals surface area contributed by atoms with Crippen molar-refractivity contribution >= 4 is 5.78 Å². The number of Topliss-reactive ketones (excluding diaryl/α,β-unsaturated/α-hetero) is 1. The summed E-state index contributed by atoms with van der Waals surface area (Å²) in [6.45, 7) is 5.09. The summed E-state index contributed by atoms with van der Waals surface area (Å²) >= 11 is 0. The molecule has 0 atom stereocenters. The van der Waals surface area contributed by atoms with Gasteiger partial charge in [0.2, 0.25) is 0 Å². The molecular weight excluding hydrogens is 395 g/mol. The van der Waals surface area contributed by atoms with Gasteiger partial charge in [-0.05, 0) is 70.4 Å². The van der Waals surface area contributed by atoms with E-state index in [4.69, 9.17) is 9.47 Å². The molecule has 6 heteroatoms. The molecule has 0 unspecified atom stereocenters. The Kier molecular flexibility index (Phi) is 5.92. The van der Waals surface area contributed by atoms with E-state index >= 15 is 0 Å². The van der Waals surface area contributed by atoms with Gasteiger partial charge in [0, 0.05) is 5.56 Å². The van der Waals surface area contributed by atoms with Crippen LogP contribution in [0.1, 0.15) is 45.7 Å². The van der Waals surface area contributed by atoms with Gasteiger partial charge in [-0.25, -0.2) is 9.07 Å². The summed E-state index contributed by atoms with van der Waals surface area (Å²) in [5.74, 6) is 0.353. The zero-order valence-electron chi connectivity index (χ0n) is 18.1. The average Bonchev–Trinajstić information content (AvgIpc) is 3.14. The molecule has 1 heterocycles. The minimum absolute atomic E-state index is 0.0675. The first kappa shape index (κ1) is 21.2. The van der Waals surface area contributed by atoms with Gasteiger partial charge >= 0.3 is 0 Å². The molecule has 4 rings (SSSR count). The number of halogens is 1. The topological polar surface area (TPSA) is 53.4 Å². The van der Waals surface area contributed by atoms with E-state index < -0.39 is 5.60 Å². The molecule has 1 aliphatic carbocycles. The Labute approximate surface area is 181 Å². The zero-order valence-corrected chi connectivity index (χ0v) is 18.1. The molecule has 2 aromatic carbocycles. The highest BCUT2D eigenvalue weighted by Gasteiger charge is 2.25. The van der Waals surface area contributed by atoms with Crippen LogP contribution in [0.25, 0.3) is 16.9 Å². The Morgan fingerprint density at radius 2 is 1.94 bits per heavy atom. The number of hydrogen-bond donors (Lipinski definition) is 0. The molecule has 5 nitrogen and oxygen atoms in total. The predicted octanol–water partition coefficient (Wildman–Crippen LogP) is 5.49. The highest BCUT2D eigenvalue weighted by atomic mass is 19.1. The van der Waals surface area contributed by atoms with Crippen LogP contribution in [0.3, 0.4) is 0 Å². The molecule has 1 aliphatic rings. The molecule has 1 saturated carbocycles. The van der Waals surface area contributed by atoms with E-state index in [0.29, 0.717) is 11.4 Å². The van der Waals surface area contributed by atoms with E-state index in [-0.39, 0.29) is 24.3 Å². The van der Waals surface area contributed by atoms with Crippen molar-refractivity contribution in [2.75, 3.05) is 0 Å². The summed E-state index contributed by atoms with van der Waals surface area (Å²) in [6, 6.07) is 16.1. The quantitative estimate of drug-likeness (QED) is 0.481. The molecule has 0 bridgehead atoms. The third kappa shape index (κ3) is 4.69. The predicted molar refractivity (Wildman–Crippen MR) is 117 cm³/mol. The number of carbonyl (C=O) groups is 1. The molecule has 0 saturated heterocycles. The van der Waals surface area contributed by atoms with Crippen LogP contribution in [0.15, 0.2) is 54.6 Å². The summed E-state index contributed by atoms with van der Waals surface area (Å²) in [6.07, 6.45) is 3.62. The van der Waals surface area contributed by atoms with Crippen molar-refractivity contribution in [3.05, 3.63) is 66.1 Å². The van der Waals surface area contributed by atoms with E-state index in [1.54, 1.807) is 36.7 Å². The molecule has 0 amide bonds. The Morgan fingerprint density at radius 1 is 1.16 bits per heavy atom. The maximum absolute atomic E-state index is 14.6. The molecule has 1 aromatic heterocycles. The Morgan fingerprint density at radius 3 is 2.61 bits per heavy atom. The number of benzene rings is 2. The lowest BCUT2D eigenvalue weighted by atomic mass is 9.96. The van der Waals surface area contributed by atoms with Crippen LogP contribution >= 0.6 is 0 Å². The molecule has 0 spiro atoms. The van der Waals surface area contributed by atoms with Crippen molar-refractivity contribution in [1.82, 2.24) is 9.78 Å². The first-order chi connectivity index (χ1) is 14.8. The number of carbonyl (C=O) groups excluding carboxylic acids is 1. The monoisotopic (exact) mass is 422 g/mol. The van der Waals surface area contributed by atoms with Gasteiger partial charge < -0.3 is 9.47 Å². The van der Waals surface area contributed by atoms with Gasteiger partial charge in [-0.2, -0.15) is 5.10 Å². The fourth-order valence-corrected chi connectivity index (χ4v) is 3.28. The lowest BCUT2D eigenvalue weighted by Crippen LogP contribution is -2.32. The third-order valence-electron chi connectivity index (χ3n) is 5.75. The maximum atomic E-state index is 14.6. The number of ether oxygens (including phenoxy) is 2. The Hall–Kier alpha value is -2.99. The fourth-order valence-electron chi connectivity index (χ4n) is 3.28. The second-order valence-electron chi connectivity index (χ2n) is 8.44. The van der Waals surface area contributed by atoms with Crippen LogP contribution in [0.4, 0.5) is 4.39 Å². The number of nitrogens with zero attached hydrogens (tertiary/aromatic N) is 2. The Balaban J connectivity index is 1.70.